The Balaban J connectivity index is 0.000000143. The summed E-state index contributed by atoms with van der Waals surface area (Å²) < 4.78 is 0. The van der Waals surface area contributed by atoms with Crippen molar-refractivity contribution in [3.05, 3.63) is 121 Å². The van der Waals surface area contributed by atoms with E-state index in [4.69, 9.17) is 0 Å². The SMILES string of the molecule is C=Cc1cccc2cc3ccccc3cc12.C=Cc1cccc2ccccc12. The van der Waals surface area contributed by atoms with Crippen LogP contribution in [0.15, 0.2) is 110 Å². The van der Waals surface area contributed by atoms with Crippen molar-refractivity contribution < 1.29 is 0 Å². The molecule has 134 valence electrons. The average Bonchev–Trinajstić information content (AvgIpc) is 2.77. The minimum Gasteiger partial charge on any atom is -0.0984 e. The highest BCUT2D eigenvalue weighted by Gasteiger charge is 2.00. The molecular weight excluding hydrogens is 336 g/mol. The molecule has 5 aromatic carbocycles. The van der Waals surface area contributed by atoms with Crippen LogP contribution < -0.4 is 0 Å². The third-order valence-corrected chi connectivity index (χ3v) is 5.04. The molecule has 5 rings (SSSR count). The van der Waals surface area contributed by atoms with Crippen LogP contribution in [0.2, 0.25) is 0 Å². The summed E-state index contributed by atoms with van der Waals surface area (Å²) in [4.78, 5) is 0. The van der Waals surface area contributed by atoms with E-state index in [0.29, 0.717) is 0 Å². The predicted molar refractivity (Wildman–Crippen MR) is 126 cm³/mol. The molecule has 0 aliphatic carbocycles. The van der Waals surface area contributed by atoms with Crippen LogP contribution in [-0.2, 0) is 0 Å². The normalized spacial score (nSPS) is 10.4. The van der Waals surface area contributed by atoms with Crippen LogP contribution in [0, 0.1) is 0 Å². The summed E-state index contributed by atoms with van der Waals surface area (Å²) in [6.07, 6.45) is 3.80. The molecule has 0 atom stereocenters. The molecule has 0 heteroatoms. The molecule has 0 saturated carbocycles. The number of hydrogen-bond acceptors (Lipinski definition) is 0. The van der Waals surface area contributed by atoms with E-state index in [0.717, 1.165) is 0 Å². The summed E-state index contributed by atoms with van der Waals surface area (Å²) in [6, 6.07) is 33.8. The van der Waals surface area contributed by atoms with Gasteiger partial charge in [-0.2, -0.15) is 0 Å². The second kappa shape index (κ2) is 7.94. The van der Waals surface area contributed by atoms with Gasteiger partial charge in [-0.25, -0.2) is 0 Å². The van der Waals surface area contributed by atoms with Gasteiger partial charge in [0.25, 0.3) is 0 Å². The maximum Gasteiger partial charge on any atom is -0.0105 e. The van der Waals surface area contributed by atoms with Crippen LogP contribution in [0.25, 0.3) is 44.5 Å². The lowest BCUT2D eigenvalue weighted by molar-refractivity contribution is 1.72. The van der Waals surface area contributed by atoms with Gasteiger partial charge in [0.05, 0.1) is 0 Å². The van der Waals surface area contributed by atoms with Crippen LogP contribution >= 0.6 is 0 Å². The van der Waals surface area contributed by atoms with Gasteiger partial charge in [-0.3, -0.25) is 0 Å². The van der Waals surface area contributed by atoms with Crippen molar-refractivity contribution in [2.24, 2.45) is 0 Å². The van der Waals surface area contributed by atoms with Crippen molar-refractivity contribution in [3.8, 4) is 0 Å². The Labute approximate surface area is 166 Å². The second-order valence-electron chi connectivity index (χ2n) is 6.74. The zero-order valence-electron chi connectivity index (χ0n) is 15.8. The zero-order chi connectivity index (χ0) is 19.3. The Kier molecular flexibility index (Phi) is 5.03. The summed E-state index contributed by atoms with van der Waals surface area (Å²) in [7, 11) is 0. The predicted octanol–water partition coefficient (Wildman–Crippen LogP) is 8.12. The van der Waals surface area contributed by atoms with Crippen molar-refractivity contribution in [3.63, 3.8) is 0 Å². The molecule has 0 unspecified atom stereocenters. The lowest BCUT2D eigenvalue weighted by atomic mass is 10.00. The van der Waals surface area contributed by atoms with Gasteiger partial charge in [0.2, 0.25) is 0 Å². The van der Waals surface area contributed by atoms with Crippen LogP contribution in [0.1, 0.15) is 11.1 Å². The molecule has 0 nitrogen and oxygen atoms in total. The molecule has 28 heavy (non-hydrogen) atoms. The molecule has 0 saturated heterocycles. The molecule has 0 spiro atoms. The highest BCUT2D eigenvalue weighted by molar-refractivity contribution is 6.01. The number of benzene rings is 5. The van der Waals surface area contributed by atoms with Crippen LogP contribution in [0.5, 0.6) is 0 Å². The molecular formula is C28H22. The first-order valence-corrected chi connectivity index (χ1v) is 9.44. The monoisotopic (exact) mass is 358 g/mol. The molecule has 0 aliphatic rings. The molecule has 5 aromatic rings. The summed E-state index contributed by atoms with van der Waals surface area (Å²) in [5, 5.41) is 7.66. The van der Waals surface area contributed by atoms with Gasteiger partial charge in [-0.15, -0.1) is 0 Å². The molecule has 0 aliphatic heterocycles. The lowest BCUT2D eigenvalue weighted by Crippen LogP contribution is -1.79. The Morgan fingerprint density at radius 1 is 0.429 bits per heavy atom. The first-order valence-electron chi connectivity index (χ1n) is 9.44. The molecule has 0 fully saturated rings. The van der Waals surface area contributed by atoms with Crippen molar-refractivity contribution in [2.75, 3.05) is 0 Å². The average molecular weight is 358 g/mol. The fourth-order valence-corrected chi connectivity index (χ4v) is 3.60. The smallest absolute Gasteiger partial charge is 0.0105 e. The van der Waals surface area contributed by atoms with E-state index in [1.54, 1.807) is 0 Å². The third-order valence-electron chi connectivity index (χ3n) is 5.04. The Bertz CT molecular complexity index is 1290. The fourth-order valence-electron chi connectivity index (χ4n) is 3.60. The van der Waals surface area contributed by atoms with E-state index < -0.39 is 0 Å². The largest absolute Gasteiger partial charge is 0.0984 e. The Hall–Kier alpha value is -3.64. The van der Waals surface area contributed by atoms with Gasteiger partial charge in [-0.1, -0.05) is 110 Å². The molecule has 0 heterocycles. The highest BCUT2D eigenvalue weighted by Crippen LogP contribution is 2.25. The molecule has 0 N–H and O–H groups in total. The minimum atomic E-state index is 1.20. The van der Waals surface area contributed by atoms with E-state index in [1.165, 1.54) is 43.4 Å². The number of fused-ring (bicyclic) bond motifs is 3. The summed E-state index contributed by atoms with van der Waals surface area (Å²) in [6.45, 7) is 7.64. The number of hydrogen-bond donors (Lipinski definition) is 0. The van der Waals surface area contributed by atoms with E-state index in [9.17, 15) is 0 Å². The maximum atomic E-state index is 3.86. The molecule has 0 amide bonds. The first kappa shape index (κ1) is 17.8. The summed E-state index contributed by atoms with van der Waals surface area (Å²) in [5.41, 5.74) is 2.40. The fraction of sp³-hybridized carbons (Fsp3) is 0. The summed E-state index contributed by atoms with van der Waals surface area (Å²) >= 11 is 0. The molecule has 0 aromatic heterocycles. The molecule has 0 bridgehead atoms. The lowest BCUT2D eigenvalue weighted by Gasteiger charge is -2.04. The first-order chi connectivity index (χ1) is 13.8. The van der Waals surface area contributed by atoms with Crippen molar-refractivity contribution in [2.45, 2.75) is 0 Å². The van der Waals surface area contributed by atoms with Crippen LogP contribution in [0.3, 0.4) is 0 Å². The van der Waals surface area contributed by atoms with Gasteiger partial charge < -0.3 is 0 Å². The third kappa shape index (κ3) is 3.45. The second-order valence-corrected chi connectivity index (χ2v) is 6.74. The zero-order valence-corrected chi connectivity index (χ0v) is 15.8. The van der Waals surface area contributed by atoms with Gasteiger partial charge in [0.15, 0.2) is 0 Å². The summed E-state index contributed by atoms with van der Waals surface area (Å²) in [5.74, 6) is 0. The highest BCUT2D eigenvalue weighted by atomic mass is 14.0. The van der Waals surface area contributed by atoms with Crippen molar-refractivity contribution in [1.82, 2.24) is 0 Å². The van der Waals surface area contributed by atoms with E-state index in [1.807, 2.05) is 12.2 Å². The topological polar surface area (TPSA) is 0 Å². The van der Waals surface area contributed by atoms with Gasteiger partial charge in [-0.05, 0) is 55.6 Å². The van der Waals surface area contributed by atoms with E-state index in [2.05, 4.69) is 110 Å². The van der Waals surface area contributed by atoms with Gasteiger partial charge in [0, 0.05) is 0 Å². The van der Waals surface area contributed by atoms with Gasteiger partial charge in [0.1, 0.15) is 0 Å². The van der Waals surface area contributed by atoms with E-state index in [-0.39, 0.29) is 0 Å². The number of rotatable bonds is 2. The maximum absolute atomic E-state index is 3.86. The van der Waals surface area contributed by atoms with Crippen LogP contribution in [-0.4, -0.2) is 0 Å². The van der Waals surface area contributed by atoms with Crippen molar-refractivity contribution >= 4 is 44.5 Å². The quantitative estimate of drug-likeness (QED) is 0.279. The minimum absolute atomic E-state index is 1.20. The van der Waals surface area contributed by atoms with Crippen molar-refractivity contribution in [1.29, 1.82) is 0 Å². The molecule has 0 radical (unpaired) electrons. The van der Waals surface area contributed by atoms with Gasteiger partial charge >= 0.3 is 0 Å². The van der Waals surface area contributed by atoms with E-state index >= 15 is 0 Å². The van der Waals surface area contributed by atoms with Crippen LogP contribution in [0.4, 0.5) is 0 Å². The standard InChI is InChI=1S/C16H12.C12H10/c1-2-12-8-5-9-15-10-13-6-3-4-7-14(13)11-16(12)15;1-2-10-7-5-8-11-6-3-4-9-12(10)11/h2-11H,1H2;2-9H,1H2. The Morgan fingerprint density at radius 3 is 1.61 bits per heavy atom. The Morgan fingerprint density at radius 2 is 0.929 bits per heavy atom.